The molecular weight excluding hydrogens is 566 g/mol. The summed E-state index contributed by atoms with van der Waals surface area (Å²) in [5, 5.41) is 8.89. The van der Waals surface area contributed by atoms with Crippen molar-refractivity contribution in [2.24, 2.45) is 5.92 Å². The molecule has 0 heterocycles. The molecule has 0 saturated heterocycles. The number of hydrogen-bond donors (Lipinski definition) is 2. The van der Waals surface area contributed by atoms with Crippen LogP contribution in [-0.4, -0.2) is 31.6 Å². The monoisotopic (exact) mass is 597 g/mol. The van der Waals surface area contributed by atoms with Crippen molar-refractivity contribution in [2.75, 3.05) is 0 Å². The van der Waals surface area contributed by atoms with Gasteiger partial charge in [-0.3, -0.25) is 4.79 Å². The van der Waals surface area contributed by atoms with Crippen molar-refractivity contribution >= 4 is 31.9 Å². The van der Waals surface area contributed by atoms with E-state index in [-0.39, 0.29) is 29.4 Å². The first-order chi connectivity index (χ1) is 18.3. The molecule has 2 N–H and O–H groups in total. The van der Waals surface area contributed by atoms with E-state index in [9.17, 15) is 13.2 Å². The van der Waals surface area contributed by atoms with Crippen molar-refractivity contribution in [1.29, 1.82) is 0 Å². The van der Waals surface area contributed by atoms with Gasteiger partial charge in [-0.05, 0) is 66.6 Å². The fourth-order valence-corrected chi connectivity index (χ4v) is 6.37. The highest BCUT2D eigenvalue weighted by atomic mass is 79.9. The van der Waals surface area contributed by atoms with Crippen LogP contribution in [0.3, 0.4) is 0 Å². The number of carboxylic acids is 1. The van der Waals surface area contributed by atoms with Gasteiger partial charge in [0.15, 0.2) is 0 Å². The van der Waals surface area contributed by atoms with Crippen molar-refractivity contribution in [2.45, 2.75) is 55.8 Å². The summed E-state index contributed by atoms with van der Waals surface area (Å²) in [6.07, 6.45) is 6.20. The van der Waals surface area contributed by atoms with Crippen LogP contribution in [0.25, 0.3) is 11.1 Å². The molecule has 0 aromatic heterocycles. The van der Waals surface area contributed by atoms with Gasteiger partial charge < -0.3 is 9.84 Å². The van der Waals surface area contributed by atoms with E-state index >= 15 is 0 Å². The van der Waals surface area contributed by atoms with E-state index in [4.69, 9.17) is 9.84 Å². The Morgan fingerprint density at radius 3 is 2.32 bits per heavy atom. The summed E-state index contributed by atoms with van der Waals surface area (Å²) in [5.41, 5.74) is 3.35. The molecule has 1 aliphatic rings. The second kappa shape index (κ2) is 13.3. The molecule has 8 heteroatoms. The zero-order valence-electron chi connectivity index (χ0n) is 21.0. The molecule has 3 atom stereocenters. The number of nitrogens with one attached hydrogen (secondary N) is 1. The minimum Gasteiger partial charge on any atom is -0.481 e. The highest BCUT2D eigenvalue weighted by Gasteiger charge is 2.38. The van der Waals surface area contributed by atoms with E-state index in [1.54, 1.807) is 24.3 Å². The zero-order valence-corrected chi connectivity index (χ0v) is 23.4. The van der Waals surface area contributed by atoms with Crippen molar-refractivity contribution in [3.05, 3.63) is 101 Å². The van der Waals surface area contributed by atoms with Crippen LogP contribution in [0.5, 0.6) is 0 Å². The van der Waals surface area contributed by atoms with E-state index in [0.717, 1.165) is 27.6 Å². The molecule has 0 radical (unpaired) electrons. The number of hydrogen-bond acceptors (Lipinski definition) is 4. The first-order valence-corrected chi connectivity index (χ1v) is 15.0. The Kier molecular flexibility index (Phi) is 9.91. The summed E-state index contributed by atoms with van der Waals surface area (Å²) in [7, 11) is -3.69. The van der Waals surface area contributed by atoms with Crippen LogP contribution < -0.4 is 4.72 Å². The van der Waals surface area contributed by atoms with E-state index in [2.05, 4.69) is 57.1 Å². The van der Waals surface area contributed by atoms with E-state index < -0.39 is 16.0 Å². The summed E-state index contributed by atoms with van der Waals surface area (Å²) in [5.74, 6) is -0.903. The lowest BCUT2D eigenvalue weighted by Crippen LogP contribution is -2.39. The van der Waals surface area contributed by atoms with Crippen LogP contribution in [0, 0.1) is 5.92 Å². The standard InChI is InChI=1S/C30H32BrNO5S/c31-25-15-17-26(18-16-25)38(35,36)32-28-19-20-29(27(28)9-5-2-6-10-30(33)34)37-21-22-11-13-24(14-12-22)23-7-3-1-4-8-23/h1-5,7-8,11-18,27-29,32H,6,9-10,19-21H2,(H,33,34)/t27-,28+,29+/m1/s1. The smallest absolute Gasteiger partial charge is 0.303 e. The molecule has 0 aliphatic heterocycles. The van der Waals surface area contributed by atoms with Gasteiger partial charge in [-0.2, -0.15) is 0 Å². The van der Waals surface area contributed by atoms with E-state index in [0.29, 0.717) is 25.9 Å². The molecule has 1 fully saturated rings. The predicted molar refractivity (Wildman–Crippen MR) is 152 cm³/mol. The fraction of sp³-hybridized carbons (Fsp3) is 0.300. The summed E-state index contributed by atoms with van der Waals surface area (Å²) in [4.78, 5) is 11.0. The highest BCUT2D eigenvalue weighted by Crippen LogP contribution is 2.34. The minimum atomic E-state index is -3.69. The lowest BCUT2D eigenvalue weighted by atomic mass is 9.97. The van der Waals surface area contributed by atoms with Crippen molar-refractivity contribution in [1.82, 2.24) is 4.72 Å². The molecular formula is C30H32BrNO5S. The van der Waals surface area contributed by atoms with Gasteiger partial charge in [0, 0.05) is 22.9 Å². The Morgan fingerprint density at radius 2 is 1.63 bits per heavy atom. The number of allylic oxidation sites excluding steroid dienone is 2. The number of carboxylic acid groups (broad SMARTS) is 1. The van der Waals surface area contributed by atoms with Crippen LogP contribution in [-0.2, 0) is 26.2 Å². The maximum absolute atomic E-state index is 13.1. The minimum absolute atomic E-state index is 0.0649. The second-order valence-electron chi connectivity index (χ2n) is 9.47. The molecule has 4 rings (SSSR count). The van der Waals surface area contributed by atoms with Crippen molar-refractivity contribution in [3.8, 4) is 11.1 Å². The molecule has 200 valence electrons. The van der Waals surface area contributed by atoms with Crippen LogP contribution in [0.15, 0.2) is 100 Å². The van der Waals surface area contributed by atoms with E-state index in [1.165, 1.54) is 0 Å². The van der Waals surface area contributed by atoms with Gasteiger partial charge in [-0.15, -0.1) is 0 Å². The Morgan fingerprint density at radius 1 is 0.947 bits per heavy atom. The largest absolute Gasteiger partial charge is 0.481 e. The molecule has 0 unspecified atom stereocenters. The first-order valence-electron chi connectivity index (χ1n) is 12.7. The third kappa shape index (κ3) is 7.86. The molecule has 0 amide bonds. The average Bonchev–Trinajstić information content (AvgIpc) is 3.28. The molecule has 38 heavy (non-hydrogen) atoms. The number of sulfonamides is 1. The van der Waals surface area contributed by atoms with Crippen LogP contribution in [0.2, 0.25) is 0 Å². The zero-order chi connectivity index (χ0) is 27.0. The normalized spacial score (nSPS) is 19.7. The predicted octanol–water partition coefficient (Wildman–Crippen LogP) is 6.57. The van der Waals surface area contributed by atoms with Gasteiger partial charge in [0.05, 0.1) is 17.6 Å². The lowest BCUT2D eigenvalue weighted by molar-refractivity contribution is -0.136. The van der Waals surface area contributed by atoms with Gasteiger partial charge in [0.25, 0.3) is 0 Å². The lowest BCUT2D eigenvalue weighted by Gasteiger charge is -2.25. The Bertz CT molecular complexity index is 1330. The molecule has 1 aliphatic carbocycles. The van der Waals surface area contributed by atoms with Crippen LogP contribution in [0.1, 0.15) is 37.7 Å². The highest BCUT2D eigenvalue weighted by molar-refractivity contribution is 9.10. The number of benzene rings is 3. The summed E-state index contributed by atoms with van der Waals surface area (Å²) >= 11 is 3.34. The van der Waals surface area contributed by atoms with Crippen LogP contribution in [0.4, 0.5) is 0 Å². The molecule has 3 aromatic rings. The second-order valence-corrected chi connectivity index (χ2v) is 12.1. The topological polar surface area (TPSA) is 92.7 Å². The van der Waals surface area contributed by atoms with Gasteiger partial charge >= 0.3 is 5.97 Å². The van der Waals surface area contributed by atoms with Crippen molar-refractivity contribution in [3.63, 3.8) is 0 Å². The molecule has 6 nitrogen and oxygen atoms in total. The van der Waals surface area contributed by atoms with Gasteiger partial charge in [0.1, 0.15) is 0 Å². The molecule has 0 spiro atoms. The third-order valence-electron chi connectivity index (χ3n) is 6.81. The third-order valence-corrected chi connectivity index (χ3v) is 8.85. The first kappa shape index (κ1) is 28.2. The summed E-state index contributed by atoms with van der Waals surface area (Å²) in [6.45, 7) is 0.436. The maximum atomic E-state index is 13.1. The SMILES string of the molecule is O=C(O)CCC=CC[C@@H]1[C@@H](NS(=O)(=O)c2ccc(Br)cc2)CC[C@@H]1OCc1ccc(-c2ccccc2)cc1. The van der Waals surface area contributed by atoms with Crippen molar-refractivity contribution < 1.29 is 23.1 Å². The molecule has 1 saturated carbocycles. The fourth-order valence-electron chi connectivity index (χ4n) is 4.79. The van der Waals surface area contributed by atoms with E-state index in [1.807, 2.05) is 30.4 Å². The summed E-state index contributed by atoms with van der Waals surface area (Å²) in [6, 6.07) is 24.8. The molecule has 3 aromatic carbocycles. The summed E-state index contributed by atoms with van der Waals surface area (Å²) < 4.78 is 36.2. The van der Waals surface area contributed by atoms with Crippen LogP contribution >= 0.6 is 15.9 Å². The Balaban J connectivity index is 1.42. The number of rotatable bonds is 12. The number of ether oxygens (including phenoxy) is 1. The van der Waals surface area contributed by atoms with Gasteiger partial charge in [-0.25, -0.2) is 13.1 Å². The van der Waals surface area contributed by atoms with Gasteiger partial charge in [-0.1, -0.05) is 82.7 Å². The Labute approximate surface area is 232 Å². The number of aliphatic carboxylic acids is 1. The quantitative estimate of drug-likeness (QED) is 0.230. The Hall–Kier alpha value is -2.78. The van der Waals surface area contributed by atoms with Gasteiger partial charge in [0.2, 0.25) is 10.0 Å². The number of halogens is 1. The average molecular weight is 599 g/mol. The maximum Gasteiger partial charge on any atom is 0.303 e. The number of carbonyl (C=O) groups is 1. The molecule has 0 bridgehead atoms.